The minimum Gasteiger partial charge on any atom is -0.378 e. The van der Waals surface area contributed by atoms with Gasteiger partial charge in [0.05, 0.1) is 18.7 Å². The molecule has 0 bridgehead atoms. The summed E-state index contributed by atoms with van der Waals surface area (Å²) in [5.41, 5.74) is 5.48. The number of anilines is 3. The largest absolute Gasteiger partial charge is 0.378 e. The van der Waals surface area contributed by atoms with Crippen molar-refractivity contribution >= 4 is 28.1 Å². The Balaban J connectivity index is 1.44. The van der Waals surface area contributed by atoms with E-state index in [1.54, 1.807) is 6.33 Å². The summed E-state index contributed by atoms with van der Waals surface area (Å²) in [5, 5.41) is 4.47. The average Bonchev–Trinajstić information content (AvgIpc) is 2.81. The summed E-state index contributed by atoms with van der Waals surface area (Å²) in [6.45, 7) is 3.45. The minimum atomic E-state index is 0.788. The molecule has 1 aromatic heterocycles. The van der Waals surface area contributed by atoms with Crippen molar-refractivity contribution in [3.05, 3.63) is 79.1 Å². The van der Waals surface area contributed by atoms with E-state index in [-0.39, 0.29) is 0 Å². The maximum absolute atomic E-state index is 5.44. The van der Waals surface area contributed by atoms with Crippen molar-refractivity contribution in [1.29, 1.82) is 0 Å². The highest BCUT2D eigenvalue weighted by Crippen LogP contribution is 2.29. The first-order chi connectivity index (χ1) is 14.4. The lowest BCUT2D eigenvalue weighted by molar-refractivity contribution is 0.122. The third-order valence-electron chi connectivity index (χ3n) is 5.25. The van der Waals surface area contributed by atoms with Crippen LogP contribution in [0.2, 0.25) is 0 Å². The van der Waals surface area contributed by atoms with Gasteiger partial charge in [-0.15, -0.1) is 0 Å². The Morgan fingerprint density at radius 1 is 0.793 bits per heavy atom. The second-order valence-electron chi connectivity index (χ2n) is 7.09. The molecule has 1 fully saturated rings. The molecule has 1 aliphatic rings. The Morgan fingerprint density at radius 2 is 1.59 bits per heavy atom. The normalized spacial score (nSPS) is 14.1. The van der Waals surface area contributed by atoms with Gasteiger partial charge < -0.3 is 15.0 Å². The van der Waals surface area contributed by atoms with Gasteiger partial charge >= 0.3 is 0 Å². The summed E-state index contributed by atoms with van der Waals surface area (Å²) in [6.07, 6.45) is 1.61. The fourth-order valence-electron chi connectivity index (χ4n) is 3.68. The van der Waals surface area contributed by atoms with Gasteiger partial charge in [-0.2, -0.15) is 0 Å². The predicted molar refractivity (Wildman–Crippen MR) is 118 cm³/mol. The third kappa shape index (κ3) is 3.77. The molecule has 0 amide bonds. The Labute approximate surface area is 170 Å². The first-order valence-corrected chi connectivity index (χ1v) is 9.87. The van der Waals surface area contributed by atoms with E-state index in [9.17, 15) is 0 Å². The van der Waals surface area contributed by atoms with E-state index in [1.165, 1.54) is 11.3 Å². The third-order valence-corrected chi connectivity index (χ3v) is 5.25. The Morgan fingerprint density at radius 3 is 2.38 bits per heavy atom. The quantitative estimate of drug-likeness (QED) is 0.545. The van der Waals surface area contributed by atoms with Crippen LogP contribution in [0.3, 0.4) is 0 Å². The molecule has 0 atom stereocenters. The van der Waals surface area contributed by atoms with E-state index in [0.717, 1.165) is 54.3 Å². The van der Waals surface area contributed by atoms with Crippen molar-refractivity contribution in [3.63, 3.8) is 0 Å². The summed E-state index contributed by atoms with van der Waals surface area (Å²) in [4.78, 5) is 11.3. The van der Waals surface area contributed by atoms with Crippen molar-refractivity contribution in [2.24, 2.45) is 0 Å². The van der Waals surface area contributed by atoms with Crippen LogP contribution >= 0.6 is 0 Å². The monoisotopic (exact) mass is 382 g/mol. The number of hydrogen-bond donors (Lipinski definition) is 1. The van der Waals surface area contributed by atoms with E-state index in [4.69, 9.17) is 4.74 Å². The summed E-state index contributed by atoms with van der Waals surface area (Å²) >= 11 is 0. The van der Waals surface area contributed by atoms with Crippen LogP contribution in [0.25, 0.3) is 22.0 Å². The highest BCUT2D eigenvalue weighted by atomic mass is 16.5. The van der Waals surface area contributed by atoms with Gasteiger partial charge in [-0.1, -0.05) is 36.4 Å². The van der Waals surface area contributed by atoms with Crippen LogP contribution in [0, 0.1) is 0 Å². The highest BCUT2D eigenvalue weighted by Gasteiger charge is 2.11. The topological polar surface area (TPSA) is 50.3 Å². The molecular formula is C24H22N4O. The zero-order chi connectivity index (χ0) is 19.5. The molecule has 5 heteroatoms. The fraction of sp³-hybridized carbons (Fsp3) is 0.167. The van der Waals surface area contributed by atoms with Gasteiger partial charge in [0, 0.05) is 29.9 Å². The van der Waals surface area contributed by atoms with Gasteiger partial charge in [0.25, 0.3) is 0 Å². The van der Waals surface area contributed by atoms with Crippen LogP contribution in [0.1, 0.15) is 0 Å². The molecule has 5 rings (SSSR count). The first-order valence-electron chi connectivity index (χ1n) is 9.87. The SMILES string of the molecule is c1ccc(-c2ccc3ncnc(Nc4ccc(N5CCOCC5)cc4)c3c2)cc1. The molecule has 2 heterocycles. The Hall–Kier alpha value is -3.44. The number of nitrogens with zero attached hydrogens (tertiary/aromatic N) is 3. The number of morpholine rings is 1. The number of fused-ring (bicyclic) bond motifs is 1. The number of nitrogens with one attached hydrogen (secondary N) is 1. The molecule has 0 radical (unpaired) electrons. The van der Waals surface area contributed by atoms with E-state index >= 15 is 0 Å². The number of rotatable bonds is 4. The summed E-state index contributed by atoms with van der Waals surface area (Å²) in [7, 11) is 0. The van der Waals surface area contributed by atoms with Crippen molar-refractivity contribution in [1.82, 2.24) is 9.97 Å². The van der Waals surface area contributed by atoms with E-state index in [2.05, 4.69) is 80.8 Å². The van der Waals surface area contributed by atoms with E-state index < -0.39 is 0 Å². The van der Waals surface area contributed by atoms with Gasteiger partial charge in [-0.3, -0.25) is 0 Å². The first kappa shape index (κ1) is 17.6. The molecular weight excluding hydrogens is 360 g/mol. The molecule has 1 saturated heterocycles. The Bertz CT molecular complexity index is 1110. The van der Waals surface area contributed by atoms with Crippen LogP contribution in [-0.2, 0) is 4.74 Å². The molecule has 0 saturated carbocycles. The lowest BCUT2D eigenvalue weighted by Crippen LogP contribution is -2.36. The number of ether oxygens (including phenoxy) is 1. The predicted octanol–water partition coefficient (Wildman–Crippen LogP) is 4.88. The molecule has 0 aliphatic carbocycles. The molecule has 29 heavy (non-hydrogen) atoms. The fourth-order valence-corrected chi connectivity index (χ4v) is 3.68. The molecule has 4 aromatic rings. The number of hydrogen-bond acceptors (Lipinski definition) is 5. The Kier molecular flexibility index (Phi) is 4.80. The second kappa shape index (κ2) is 7.89. The van der Waals surface area contributed by atoms with Crippen molar-refractivity contribution in [2.45, 2.75) is 0 Å². The van der Waals surface area contributed by atoms with Gasteiger partial charge in [0.1, 0.15) is 12.1 Å². The van der Waals surface area contributed by atoms with Crippen molar-refractivity contribution < 1.29 is 4.74 Å². The lowest BCUT2D eigenvalue weighted by Gasteiger charge is -2.28. The molecule has 5 nitrogen and oxygen atoms in total. The molecule has 0 spiro atoms. The number of aromatic nitrogens is 2. The molecule has 1 N–H and O–H groups in total. The number of benzene rings is 3. The summed E-state index contributed by atoms with van der Waals surface area (Å²) in [6, 6.07) is 25.1. The molecule has 1 aliphatic heterocycles. The second-order valence-corrected chi connectivity index (χ2v) is 7.09. The highest BCUT2D eigenvalue weighted by molar-refractivity contribution is 5.93. The van der Waals surface area contributed by atoms with Crippen LogP contribution < -0.4 is 10.2 Å². The molecule has 0 unspecified atom stereocenters. The maximum Gasteiger partial charge on any atom is 0.141 e. The standard InChI is InChI=1S/C24H22N4O/c1-2-4-18(5-3-1)19-6-11-23-22(16-19)24(26-17-25-23)27-20-7-9-21(10-8-20)28-12-14-29-15-13-28/h1-11,16-17H,12-15H2,(H,25,26,27). The van der Waals surface area contributed by atoms with Crippen molar-refractivity contribution in [2.75, 3.05) is 36.5 Å². The van der Waals surface area contributed by atoms with Gasteiger partial charge in [-0.25, -0.2) is 9.97 Å². The van der Waals surface area contributed by atoms with Crippen LogP contribution in [0.5, 0.6) is 0 Å². The summed E-state index contributed by atoms with van der Waals surface area (Å²) in [5.74, 6) is 0.812. The van der Waals surface area contributed by atoms with Gasteiger partial charge in [0.2, 0.25) is 0 Å². The van der Waals surface area contributed by atoms with Crippen molar-refractivity contribution in [3.8, 4) is 11.1 Å². The van der Waals surface area contributed by atoms with Crippen LogP contribution in [0.15, 0.2) is 79.1 Å². The zero-order valence-corrected chi connectivity index (χ0v) is 16.1. The maximum atomic E-state index is 5.44. The van der Waals surface area contributed by atoms with Gasteiger partial charge in [-0.05, 0) is 47.5 Å². The van der Waals surface area contributed by atoms with Crippen LogP contribution in [0.4, 0.5) is 17.2 Å². The minimum absolute atomic E-state index is 0.788. The van der Waals surface area contributed by atoms with Crippen LogP contribution in [-0.4, -0.2) is 36.3 Å². The van der Waals surface area contributed by atoms with Gasteiger partial charge in [0.15, 0.2) is 0 Å². The summed E-state index contributed by atoms with van der Waals surface area (Å²) < 4.78 is 5.44. The van der Waals surface area contributed by atoms with E-state index in [1.807, 2.05) is 12.1 Å². The molecule has 3 aromatic carbocycles. The average molecular weight is 382 g/mol. The molecule has 144 valence electrons. The lowest BCUT2D eigenvalue weighted by atomic mass is 10.0. The van der Waals surface area contributed by atoms with E-state index in [0.29, 0.717) is 0 Å². The smallest absolute Gasteiger partial charge is 0.141 e. The zero-order valence-electron chi connectivity index (χ0n) is 16.1.